The topological polar surface area (TPSA) is 83.0 Å². The van der Waals surface area contributed by atoms with Crippen molar-refractivity contribution in [1.29, 1.82) is 0 Å². The van der Waals surface area contributed by atoms with Crippen LogP contribution in [0.3, 0.4) is 0 Å². The molecule has 0 aliphatic heterocycles. The van der Waals surface area contributed by atoms with Gasteiger partial charge in [0, 0.05) is 26.2 Å². The van der Waals surface area contributed by atoms with Gasteiger partial charge < -0.3 is 30.3 Å². The smallest absolute Gasteiger partial charge is 0.0897 e. The van der Waals surface area contributed by atoms with Crippen LogP contribution in [-0.4, -0.2) is 61.8 Å². The molecule has 2 aromatic rings. The largest absolute Gasteiger partial charge is 0.389 e. The van der Waals surface area contributed by atoms with E-state index in [4.69, 9.17) is 9.47 Å². The highest BCUT2D eigenvalue weighted by Gasteiger charge is 2.05. The summed E-state index contributed by atoms with van der Waals surface area (Å²) >= 11 is 0. The van der Waals surface area contributed by atoms with Crippen molar-refractivity contribution in [3.63, 3.8) is 0 Å². The lowest BCUT2D eigenvalue weighted by atomic mass is 10.2. The van der Waals surface area contributed by atoms with Crippen LogP contribution in [0, 0.1) is 0 Å². The summed E-state index contributed by atoms with van der Waals surface area (Å²) in [6.45, 7) is 3.95. The Morgan fingerprint density at radius 1 is 0.643 bits per heavy atom. The highest BCUT2D eigenvalue weighted by molar-refractivity contribution is 5.14. The molecule has 0 aliphatic carbocycles. The van der Waals surface area contributed by atoms with Gasteiger partial charge in [0.25, 0.3) is 0 Å². The first kappa shape index (κ1) is 22.5. The van der Waals surface area contributed by atoms with Gasteiger partial charge in [0.05, 0.1) is 38.6 Å². The number of hydrogen-bond donors (Lipinski definition) is 4. The highest BCUT2D eigenvalue weighted by atomic mass is 16.5. The lowest BCUT2D eigenvalue weighted by Gasteiger charge is -2.14. The van der Waals surface area contributed by atoms with Crippen LogP contribution in [0.25, 0.3) is 0 Å². The van der Waals surface area contributed by atoms with E-state index in [9.17, 15) is 10.2 Å². The summed E-state index contributed by atoms with van der Waals surface area (Å²) in [5.74, 6) is 0. The molecule has 0 bridgehead atoms. The van der Waals surface area contributed by atoms with Crippen molar-refractivity contribution in [1.82, 2.24) is 10.6 Å². The van der Waals surface area contributed by atoms with Gasteiger partial charge in [-0.25, -0.2) is 0 Å². The van der Waals surface area contributed by atoms with Gasteiger partial charge in [0.1, 0.15) is 0 Å². The van der Waals surface area contributed by atoms with E-state index in [0.717, 1.165) is 11.1 Å². The summed E-state index contributed by atoms with van der Waals surface area (Å²) < 4.78 is 11.0. The minimum atomic E-state index is -0.541. The number of aliphatic hydroxyl groups is 2. The molecule has 0 amide bonds. The zero-order valence-corrected chi connectivity index (χ0v) is 16.3. The first-order valence-electron chi connectivity index (χ1n) is 9.75. The normalized spacial score (nSPS) is 13.4. The molecule has 0 fully saturated rings. The Labute approximate surface area is 167 Å². The third-order valence-corrected chi connectivity index (χ3v) is 4.08. The molecular formula is C22H32N2O4. The Hall–Kier alpha value is -1.80. The summed E-state index contributed by atoms with van der Waals surface area (Å²) in [7, 11) is 0. The molecule has 6 heteroatoms. The van der Waals surface area contributed by atoms with E-state index in [2.05, 4.69) is 10.6 Å². The van der Waals surface area contributed by atoms with Crippen molar-refractivity contribution in [2.24, 2.45) is 0 Å². The molecule has 2 atom stereocenters. The van der Waals surface area contributed by atoms with E-state index >= 15 is 0 Å². The molecule has 4 N–H and O–H groups in total. The van der Waals surface area contributed by atoms with E-state index in [1.165, 1.54) is 0 Å². The number of rotatable bonds is 15. The molecular weight excluding hydrogens is 356 g/mol. The molecule has 2 rings (SSSR count). The number of ether oxygens (including phenoxy) is 2. The lowest BCUT2D eigenvalue weighted by Crippen LogP contribution is -2.37. The van der Waals surface area contributed by atoms with Gasteiger partial charge in [-0.1, -0.05) is 60.7 Å². The van der Waals surface area contributed by atoms with E-state index < -0.39 is 12.2 Å². The molecule has 0 radical (unpaired) electrons. The van der Waals surface area contributed by atoms with Gasteiger partial charge in [-0.3, -0.25) is 0 Å². The molecule has 0 saturated carbocycles. The molecule has 28 heavy (non-hydrogen) atoms. The van der Waals surface area contributed by atoms with Crippen LogP contribution in [0.2, 0.25) is 0 Å². The fourth-order valence-corrected chi connectivity index (χ4v) is 2.61. The Morgan fingerprint density at radius 2 is 1.04 bits per heavy atom. The second-order valence-corrected chi connectivity index (χ2v) is 6.72. The number of benzene rings is 2. The number of nitrogens with one attached hydrogen (secondary N) is 2. The quantitative estimate of drug-likeness (QED) is 0.345. The number of aliphatic hydroxyl groups excluding tert-OH is 2. The van der Waals surface area contributed by atoms with Crippen molar-refractivity contribution in [2.75, 3.05) is 39.4 Å². The average Bonchev–Trinajstić information content (AvgIpc) is 2.72. The first-order chi connectivity index (χ1) is 13.7. The van der Waals surface area contributed by atoms with Gasteiger partial charge >= 0.3 is 0 Å². The molecule has 0 aromatic heterocycles. The summed E-state index contributed by atoms with van der Waals surface area (Å²) in [6, 6.07) is 19.8. The van der Waals surface area contributed by atoms with Crippen molar-refractivity contribution in [3.05, 3.63) is 71.8 Å². The molecule has 2 aromatic carbocycles. The molecule has 0 spiro atoms. The van der Waals surface area contributed by atoms with Gasteiger partial charge in [-0.05, 0) is 11.1 Å². The molecule has 0 aliphatic rings. The summed E-state index contributed by atoms with van der Waals surface area (Å²) in [5.41, 5.74) is 2.19. The van der Waals surface area contributed by atoms with E-state index in [1.807, 2.05) is 60.7 Å². The summed E-state index contributed by atoms with van der Waals surface area (Å²) in [4.78, 5) is 0. The fourth-order valence-electron chi connectivity index (χ4n) is 2.61. The molecule has 0 unspecified atom stereocenters. The van der Waals surface area contributed by atoms with Crippen LogP contribution in [0.15, 0.2) is 60.7 Å². The van der Waals surface area contributed by atoms with Crippen molar-refractivity contribution < 1.29 is 19.7 Å². The Balaban J connectivity index is 1.39. The minimum Gasteiger partial charge on any atom is -0.389 e. The zero-order chi connectivity index (χ0) is 19.9. The SMILES string of the molecule is O[C@@H](CNCCNC[C@H](O)COCc1ccccc1)COCc1ccccc1. The second kappa shape index (κ2) is 14.2. The minimum absolute atomic E-state index is 0.298. The van der Waals surface area contributed by atoms with Crippen molar-refractivity contribution in [3.8, 4) is 0 Å². The molecule has 0 heterocycles. The van der Waals surface area contributed by atoms with E-state index in [0.29, 0.717) is 52.6 Å². The van der Waals surface area contributed by atoms with Gasteiger partial charge in [0.15, 0.2) is 0 Å². The van der Waals surface area contributed by atoms with Crippen LogP contribution in [-0.2, 0) is 22.7 Å². The molecule has 6 nitrogen and oxygen atoms in total. The van der Waals surface area contributed by atoms with Crippen molar-refractivity contribution >= 4 is 0 Å². The Kier molecular flexibility index (Phi) is 11.4. The maximum absolute atomic E-state index is 9.90. The number of hydrogen-bond acceptors (Lipinski definition) is 6. The highest BCUT2D eigenvalue weighted by Crippen LogP contribution is 2.01. The Bertz CT molecular complexity index is 557. The third-order valence-electron chi connectivity index (χ3n) is 4.08. The van der Waals surface area contributed by atoms with Gasteiger partial charge in [0.2, 0.25) is 0 Å². The lowest BCUT2D eigenvalue weighted by molar-refractivity contribution is 0.0274. The summed E-state index contributed by atoms with van der Waals surface area (Å²) in [6.07, 6.45) is -1.08. The van der Waals surface area contributed by atoms with Crippen molar-refractivity contribution in [2.45, 2.75) is 25.4 Å². The van der Waals surface area contributed by atoms with Gasteiger partial charge in [-0.2, -0.15) is 0 Å². The first-order valence-corrected chi connectivity index (χ1v) is 9.75. The van der Waals surface area contributed by atoms with Crippen LogP contribution < -0.4 is 10.6 Å². The second-order valence-electron chi connectivity index (χ2n) is 6.72. The Morgan fingerprint density at radius 3 is 1.43 bits per heavy atom. The van der Waals surface area contributed by atoms with E-state index in [-0.39, 0.29) is 0 Å². The van der Waals surface area contributed by atoms with Crippen LogP contribution >= 0.6 is 0 Å². The third kappa shape index (κ3) is 10.5. The fraction of sp³-hybridized carbons (Fsp3) is 0.455. The average molecular weight is 389 g/mol. The van der Waals surface area contributed by atoms with Gasteiger partial charge in [-0.15, -0.1) is 0 Å². The molecule has 154 valence electrons. The monoisotopic (exact) mass is 388 g/mol. The summed E-state index contributed by atoms with van der Waals surface area (Å²) in [5, 5.41) is 26.1. The maximum atomic E-state index is 9.90. The van der Waals surface area contributed by atoms with Crippen LogP contribution in [0.1, 0.15) is 11.1 Å². The predicted octanol–water partition coefficient (Wildman–Crippen LogP) is 1.32. The standard InChI is InChI=1S/C22H32N2O4/c25-21(17-27-15-19-7-3-1-4-8-19)13-23-11-12-24-14-22(26)18-28-16-20-9-5-2-6-10-20/h1-10,21-26H,11-18H2/t21-,22-/m0/s1. The predicted molar refractivity (Wildman–Crippen MR) is 110 cm³/mol. The van der Waals surface area contributed by atoms with Crippen LogP contribution in [0.5, 0.6) is 0 Å². The maximum Gasteiger partial charge on any atom is 0.0897 e. The molecule has 0 saturated heterocycles. The zero-order valence-electron chi connectivity index (χ0n) is 16.3. The van der Waals surface area contributed by atoms with Crippen LogP contribution in [0.4, 0.5) is 0 Å². The van der Waals surface area contributed by atoms with E-state index in [1.54, 1.807) is 0 Å².